The molecule has 0 spiro atoms. The molecule has 17 heteroatoms. The molecule has 1 aromatic rings. The van der Waals surface area contributed by atoms with Crippen molar-refractivity contribution in [1.82, 2.24) is 20.1 Å². The average molecular weight is 568 g/mol. The van der Waals surface area contributed by atoms with Gasteiger partial charge in [0, 0.05) is 23.9 Å². The number of nitrogens with one attached hydrogen (secondary N) is 1. The third kappa shape index (κ3) is 5.33. The molecule has 0 aliphatic carbocycles. The molecule has 2 atom stereocenters. The van der Waals surface area contributed by atoms with Crippen molar-refractivity contribution < 1.29 is 24.3 Å². The minimum absolute atomic E-state index is 0.0932. The van der Waals surface area contributed by atoms with Crippen LogP contribution in [0.25, 0.3) is 0 Å². The van der Waals surface area contributed by atoms with Gasteiger partial charge >= 0.3 is 5.97 Å². The van der Waals surface area contributed by atoms with Crippen molar-refractivity contribution in [2.24, 2.45) is 21.6 Å². The van der Waals surface area contributed by atoms with Crippen molar-refractivity contribution in [2.75, 3.05) is 37.4 Å². The highest BCUT2D eigenvalue weighted by Gasteiger charge is 2.54. The molecule has 1 fully saturated rings. The van der Waals surface area contributed by atoms with E-state index >= 15 is 0 Å². The maximum Gasteiger partial charge on any atom is 0.352 e. The second-order valence-corrected chi connectivity index (χ2v) is 10.9. The molecular weight excluding hydrogens is 542 g/mol. The summed E-state index contributed by atoms with van der Waals surface area (Å²) in [5.74, 6) is -1.57. The van der Waals surface area contributed by atoms with E-state index in [9.17, 15) is 19.5 Å². The Hall–Kier alpha value is -3.44. The van der Waals surface area contributed by atoms with Gasteiger partial charge in [0.05, 0.1) is 12.2 Å². The quantitative estimate of drug-likeness (QED) is 0.150. The number of β-lactam (4-membered cyclic amide) rings is 1. The number of likely N-dealkylation sites (N-methyl/N-ethyl adjacent to an activating group) is 1. The fourth-order valence-corrected chi connectivity index (χ4v) is 6.71. The summed E-state index contributed by atoms with van der Waals surface area (Å²) >= 11 is 3.80. The number of hydrogen-bond donors (Lipinski definition) is 5. The number of nitrogen functional groups attached to an aromatic ring is 1. The SMILES string of the molecule is CCO/N=C(\C(=O)NC1C(=O)N2C(C(=O)O)=C(CSC3=NC(N)=C(N)CN3C)CS[C@@H]12)c1csc(N)n1. The largest absolute Gasteiger partial charge is 0.477 e. The van der Waals surface area contributed by atoms with Crippen LogP contribution in [0.15, 0.2) is 38.3 Å². The molecule has 1 saturated heterocycles. The summed E-state index contributed by atoms with van der Waals surface area (Å²) in [6.45, 7) is 2.33. The van der Waals surface area contributed by atoms with Crippen molar-refractivity contribution in [3.05, 3.63) is 33.9 Å². The molecule has 4 rings (SSSR count). The molecule has 4 heterocycles. The first-order chi connectivity index (χ1) is 17.6. The molecule has 3 aliphatic rings. The zero-order chi connectivity index (χ0) is 26.9. The number of carbonyl (C=O) groups excluding carboxylic acids is 2. The van der Waals surface area contributed by atoms with Crippen LogP contribution in [0.2, 0.25) is 0 Å². The molecule has 1 unspecified atom stereocenters. The number of carboxylic acids is 1. The van der Waals surface area contributed by atoms with E-state index in [0.717, 1.165) is 11.3 Å². The lowest BCUT2D eigenvalue weighted by atomic mass is 10.0. The van der Waals surface area contributed by atoms with Crippen LogP contribution in [0.4, 0.5) is 5.13 Å². The Bertz CT molecular complexity index is 1260. The fourth-order valence-electron chi connectivity index (χ4n) is 3.69. The third-order valence-corrected chi connectivity index (χ3v) is 8.62. The molecule has 0 aromatic carbocycles. The number of anilines is 1. The highest BCUT2D eigenvalue weighted by atomic mass is 32.2. The van der Waals surface area contributed by atoms with Gasteiger partial charge in [-0.15, -0.1) is 23.1 Å². The lowest BCUT2D eigenvalue weighted by Gasteiger charge is -2.49. The average Bonchev–Trinajstić information content (AvgIpc) is 3.29. The minimum atomic E-state index is -1.22. The number of hydrogen-bond acceptors (Lipinski definition) is 14. The van der Waals surface area contributed by atoms with Crippen LogP contribution >= 0.6 is 34.9 Å². The Balaban J connectivity index is 1.49. The number of amidine groups is 1. The van der Waals surface area contributed by atoms with Crippen molar-refractivity contribution in [3.8, 4) is 0 Å². The number of rotatable bonds is 8. The highest BCUT2D eigenvalue weighted by Crippen LogP contribution is 2.41. The zero-order valence-electron chi connectivity index (χ0n) is 19.8. The van der Waals surface area contributed by atoms with E-state index in [0.29, 0.717) is 28.7 Å². The number of carboxylic acid groups (broad SMARTS) is 1. The monoisotopic (exact) mass is 567 g/mol. The van der Waals surface area contributed by atoms with Crippen molar-refractivity contribution in [2.45, 2.75) is 18.3 Å². The predicted octanol–water partition coefficient (Wildman–Crippen LogP) is -0.674. The van der Waals surface area contributed by atoms with E-state index < -0.39 is 29.2 Å². The summed E-state index contributed by atoms with van der Waals surface area (Å²) in [7, 11) is 1.80. The molecular formula is C20H25N9O5S3. The minimum Gasteiger partial charge on any atom is -0.477 e. The second kappa shape index (κ2) is 10.9. The van der Waals surface area contributed by atoms with E-state index in [1.165, 1.54) is 28.4 Å². The number of thiazole rings is 1. The van der Waals surface area contributed by atoms with Crippen molar-refractivity contribution in [3.63, 3.8) is 0 Å². The topological polar surface area (TPSA) is 215 Å². The van der Waals surface area contributed by atoms with E-state index in [4.69, 9.17) is 22.0 Å². The van der Waals surface area contributed by atoms with Crippen LogP contribution in [-0.2, 0) is 19.2 Å². The maximum atomic E-state index is 13.0. The van der Waals surface area contributed by atoms with Crippen LogP contribution in [0.5, 0.6) is 0 Å². The van der Waals surface area contributed by atoms with Gasteiger partial charge in [-0.3, -0.25) is 14.5 Å². The Morgan fingerprint density at radius 1 is 1.38 bits per heavy atom. The molecule has 0 saturated carbocycles. The number of nitrogens with zero attached hydrogens (tertiary/aromatic N) is 5. The first-order valence-electron chi connectivity index (χ1n) is 10.9. The lowest BCUT2D eigenvalue weighted by molar-refractivity contribution is -0.150. The Morgan fingerprint density at radius 2 is 2.14 bits per heavy atom. The number of aliphatic carboxylic acids is 1. The van der Waals surface area contributed by atoms with Crippen LogP contribution in [0.1, 0.15) is 12.6 Å². The molecule has 14 nitrogen and oxygen atoms in total. The van der Waals surface area contributed by atoms with E-state index in [-0.39, 0.29) is 40.4 Å². The molecule has 3 aliphatic heterocycles. The number of aliphatic imine (C=N–C) groups is 1. The van der Waals surface area contributed by atoms with Gasteiger partial charge in [0.1, 0.15) is 35.2 Å². The van der Waals surface area contributed by atoms with Gasteiger partial charge in [0.2, 0.25) is 0 Å². The van der Waals surface area contributed by atoms with Crippen LogP contribution in [0, 0.1) is 0 Å². The summed E-state index contributed by atoms with van der Waals surface area (Å²) < 4.78 is 0. The number of amides is 2. The first-order valence-corrected chi connectivity index (χ1v) is 13.8. The number of aromatic nitrogens is 1. The predicted molar refractivity (Wildman–Crippen MR) is 142 cm³/mol. The number of nitrogens with two attached hydrogens (primary N) is 3. The molecule has 0 bridgehead atoms. The van der Waals surface area contributed by atoms with Gasteiger partial charge in [-0.2, -0.15) is 0 Å². The van der Waals surface area contributed by atoms with Gasteiger partial charge in [-0.1, -0.05) is 16.9 Å². The third-order valence-electron chi connectivity index (χ3n) is 5.46. The number of thioether (sulfide) groups is 2. The van der Waals surface area contributed by atoms with Crippen LogP contribution in [-0.4, -0.2) is 91.7 Å². The van der Waals surface area contributed by atoms with Crippen LogP contribution in [0.3, 0.4) is 0 Å². The number of oxime groups is 1. The molecule has 2 amide bonds. The van der Waals surface area contributed by atoms with E-state index in [1.54, 1.807) is 19.4 Å². The van der Waals surface area contributed by atoms with Gasteiger partial charge in [0.15, 0.2) is 16.0 Å². The Labute approximate surface area is 224 Å². The molecule has 8 N–H and O–H groups in total. The fraction of sp³-hybridized carbons (Fsp3) is 0.400. The highest BCUT2D eigenvalue weighted by molar-refractivity contribution is 8.14. The molecule has 37 heavy (non-hydrogen) atoms. The van der Waals surface area contributed by atoms with Gasteiger partial charge < -0.3 is 37.4 Å². The number of fused-ring (bicyclic) bond motifs is 1. The molecule has 1 aromatic heterocycles. The summed E-state index contributed by atoms with van der Waals surface area (Å²) in [4.78, 5) is 54.5. The Morgan fingerprint density at radius 3 is 2.78 bits per heavy atom. The summed E-state index contributed by atoms with van der Waals surface area (Å²) in [6.07, 6.45) is 0. The van der Waals surface area contributed by atoms with Gasteiger partial charge in [-0.05, 0) is 12.5 Å². The van der Waals surface area contributed by atoms with Crippen molar-refractivity contribution in [1.29, 1.82) is 0 Å². The summed E-state index contributed by atoms with van der Waals surface area (Å²) in [5.41, 5.74) is 18.3. The normalized spacial score (nSPS) is 21.9. The summed E-state index contributed by atoms with van der Waals surface area (Å²) in [5, 5.41) is 18.2. The maximum absolute atomic E-state index is 13.0. The van der Waals surface area contributed by atoms with Gasteiger partial charge in [-0.25, -0.2) is 14.8 Å². The van der Waals surface area contributed by atoms with Crippen LogP contribution < -0.4 is 22.5 Å². The zero-order valence-corrected chi connectivity index (χ0v) is 22.3. The number of carbonyl (C=O) groups is 3. The standard InChI is InChI=1S/C20H25N9O5S3/c1-3-34-27-11(10-7-36-19(23)24-10)15(30)25-12-16(31)29-13(18(32)33)8(5-35-17(12)29)6-37-20-26-14(22)9(21)4-28(20)2/h7,12,17H,3-6,21-22H2,1-2H3,(H2,23,24)(H,25,30)(H,32,33)/b27-11-/t12?,17-/m0/s1. The van der Waals surface area contributed by atoms with E-state index in [2.05, 4.69) is 20.4 Å². The second-order valence-electron chi connectivity index (χ2n) is 8.00. The van der Waals surface area contributed by atoms with Gasteiger partial charge in [0.25, 0.3) is 11.8 Å². The first kappa shape index (κ1) is 26.6. The summed E-state index contributed by atoms with van der Waals surface area (Å²) in [6, 6.07) is -0.939. The molecule has 0 radical (unpaired) electrons. The van der Waals surface area contributed by atoms with E-state index in [1.807, 2.05) is 4.90 Å². The van der Waals surface area contributed by atoms with Crippen molar-refractivity contribution >= 4 is 68.7 Å². The Kier molecular flexibility index (Phi) is 7.84. The smallest absolute Gasteiger partial charge is 0.352 e. The lowest BCUT2D eigenvalue weighted by Crippen LogP contribution is -2.71. The molecule has 198 valence electrons.